The van der Waals surface area contributed by atoms with Gasteiger partial charge in [-0.3, -0.25) is 9.59 Å². The molecule has 222 valence electrons. The van der Waals surface area contributed by atoms with E-state index in [0.717, 1.165) is 52.2 Å². The molecule has 2 aliphatic rings. The maximum absolute atomic E-state index is 13.5. The second kappa shape index (κ2) is 14.5. The summed E-state index contributed by atoms with van der Waals surface area (Å²) >= 11 is 1.52. The van der Waals surface area contributed by atoms with E-state index in [4.69, 9.17) is 4.74 Å². The molecule has 5 rings (SSSR count). The Morgan fingerprint density at radius 1 is 0.930 bits per heavy atom. The van der Waals surface area contributed by atoms with E-state index in [1.54, 1.807) is 6.92 Å². The van der Waals surface area contributed by atoms with Gasteiger partial charge in [0.05, 0.1) is 0 Å². The highest BCUT2D eigenvalue weighted by Crippen LogP contribution is 2.44. The minimum Gasteiger partial charge on any atom is -0.449 e. The van der Waals surface area contributed by atoms with Gasteiger partial charge in [0.1, 0.15) is 29.6 Å². The Balaban J connectivity index is 1.20. The standard InChI is InChI=1S/C34H35N3O4S2/c1-23(36-34(40)41-20-29-27-15-7-5-13-25(27)26-14-6-8-16-28(26)29)33(39)37-30(22-42-21-24-11-3-2-4-12-24)32(38)31(19-35)43-17-9-10-18-43/h2-8,11-16,23,29-30H,9-10,17-18,20-22H2,1H3,(H,36,40)(H,37,39)/t23?,30-/m0/s1. The Morgan fingerprint density at radius 3 is 2.16 bits per heavy atom. The number of nitrogens with one attached hydrogen (secondary N) is 2. The summed E-state index contributed by atoms with van der Waals surface area (Å²) in [4.78, 5) is 39.8. The van der Waals surface area contributed by atoms with Gasteiger partial charge in [-0.2, -0.15) is 27.5 Å². The number of carbonyl (C=O) groups excluding carboxylic acids is 3. The molecule has 1 aliphatic heterocycles. The molecule has 3 aromatic rings. The van der Waals surface area contributed by atoms with Crippen LogP contribution >= 0.6 is 22.2 Å². The lowest BCUT2D eigenvalue weighted by atomic mass is 9.98. The van der Waals surface area contributed by atoms with E-state index in [1.165, 1.54) is 11.8 Å². The van der Waals surface area contributed by atoms with Crippen molar-refractivity contribution in [1.29, 1.82) is 5.26 Å². The molecule has 1 unspecified atom stereocenters. The van der Waals surface area contributed by atoms with Crippen molar-refractivity contribution in [1.82, 2.24) is 10.6 Å². The van der Waals surface area contributed by atoms with Crippen LogP contribution in [0.15, 0.2) is 78.9 Å². The summed E-state index contributed by atoms with van der Waals surface area (Å²) in [5.41, 5.74) is 5.57. The number of fused-ring (bicyclic) bond motifs is 3. The van der Waals surface area contributed by atoms with Crippen molar-refractivity contribution in [3.63, 3.8) is 0 Å². The maximum Gasteiger partial charge on any atom is 0.407 e. The average molecular weight is 614 g/mol. The van der Waals surface area contributed by atoms with Crippen molar-refractivity contribution >= 4 is 44.9 Å². The van der Waals surface area contributed by atoms with Crippen LogP contribution in [0.4, 0.5) is 4.79 Å². The third-order valence-electron chi connectivity index (χ3n) is 7.75. The molecule has 43 heavy (non-hydrogen) atoms. The predicted octanol–water partition coefficient (Wildman–Crippen LogP) is 5.66. The van der Waals surface area contributed by atoms with Crippen LogP contribution in [0.5, 0.6) is 0 Å². The molecule has 1 heterocycles. The van der Waals surface area contributed by atoms with Crippen LogP contribution in [0.1, 0.15) is 42.4 Å². The molecule has 1 aliphatic carbocycles. The van der Waals surface area contributed by atoms with Crippen LogP contribution in [-0.2, 0) is 20.1 Å². The molecule has 1 fully saturated rings. The molecular formula is C34H35N3O4S2. The van der Waals surface area contributed by atoms with Gasteiger partial charge < -0.3 is 15.4 Å². The highest BCUT2D eigenvalue weighted by atomic mass is 32.2. The van der Waals surface area contributed by atoms with Crippen LogP contribution in [-0.4, -0.2) is 58.6 Å². The number of nitrogens with zero attached hydrogens (tertiary/aromatic N) is 1. The lowest BCUT2D eigenvalue weighted by Crippen LogP contribution is -2.52. The fraction of sp³-hybridized carbons (Fsp3) is 0.324. The largest absolute Gasteiger partial charge is 0.449 e. The van der Waals surface area contributed by atoms with Crippen molar-refractivity contribution in [3.05, 3.63) is 95.6 Å². The fourth-order valence-electron chi connectivity index (χ4n) is 5.51. The molecule has 0 radical (unpaired) electrons. The number of hydrogen-bond acceptors (Lipinski definition) is 6. The van der Waals surface area contributed by atoms with Crippen LogP contribution < -0.4 is 10.6 Å². The van der Waals surface area contributed by atoms with Gasteiger partial charge >= 0.3 is 6.09 Å². The zero-order valence-electron chi connectivity index (χ0n) is 24.1. The SMILES string of the molecule is CC(NC(=O)OCC1c2ccccc2-c2ccccc21)C(=O)N[C@@H](CSCc1ccccc1)C(=O)C(C#N)=S1CCCC1. The van der Waals surface area contributed by atoms with Crippen LogP contribution in [0.3, 0.4) is 0 Å². The highest BCUT2D eigenvalue weighted by Gasteiger charge is 2.31. The molecule has 0 saturated carbocycles. The molecule has 1 saturated heterocycles. The maximum atomic E-state index is 13.5. The number of thioether (sulfide) groups is 1. The van der Waals surface area contributed by atoms with Crippen molar-refractivity contribution in [2.24, 2.45) is 0 Å². The third-order valence-corrected chi connectivity index (χ3v) is 11.3. The zero-order valence-corrected chi connectivity index (χ0v) is 25.7. The van der Waals surface area contributed by atoms with Crippen molar-refractivity contribution in [2.45, 2.75) is 43.5 Å². The number of carbonyl (C=O) groups is 3. The topological polar surface area (TPSA) is 108 Å². The molecule has 0 spiro atoms. The second-order valence-electron chi connectivity index (χ2n) is 10.7. The number of benzene rings is 3. The van der Waals surface area contributed by atoms with Gasteiger partial charge in [0.15, 0.2) is 0 Å². The summed E-state index contributed by atoms with van der Waals surface area (Å²) in [6, 6.07) is 26.4. The Bertz CT molecular complexity index is 1510. The Morgan fingerprint density at radius 2 is 1.53 bits per heavy atom. The number of alkyl carbamates (subject to hydrolysis) is 1. The Hall–Kier alpha value is -3.87. The van der Waals surface area contributed by atoms with E-state index in [0.29, 0.717) is 11.5 Å². The van der Waals surface area contributed by atoms with Crippen molar-refractivity contribution in [2.75, 3.05) is 23.9 Å². The van der Waals surface area contributed by atoms with Crippen LogP contribution in [0.25, 0.3) is 11.1 Å². The van der Waals surface area contributed by atoms with E-state index in [9.17, 15) is 19.6 Å². The molecular weight excluding hydrogens is 579 g/mol. The number of hydrogen-bond donors (Lipinski definition) is 2. The first kappa shape index (κ1) is 30.6. The molecule has 0 bridgehead atoms. The zero-order chi connectivity index (χ0) is 30.2. The van der Waals surface area contributed by atoms with Gasteiger partial charge in [0.2, 0.25) is 11.7 Å². The summed E-state index contributed by atoms with van der Waals surface area (Å²) < 4.78 is 5.60. The number of rotatable bonds is 11. The van der Waals surface area contributed by atoms with Crippen molar-refractivity contribution in [3.8, 4) is 17.2 Å². The van der Waals surface area contributed by atoms with Crippen LogP contribution in [0, 0.1) is 11.3 Å². The predicted molar refractivity (Wildman–Crippen MR) is 174 cm³/mol. The average Bonchev–Trinajstić information content (AvgIpc) is 3.67. The molecule has 2 N–H and O–H groups in total. The summed E-state index contributed by atoms with van der Waals surface area (Å²) in [5.74, 6) is 1.75. The van der Waals surface area contributed by atoms with E-state index in [-0.39, 0.29) is 33.7 Å². The Kier molecular flexibility index (Phi) is 10.3. The molecule has 0 aromatic heterocycles. The van der Waals surface area contributed by atoms with Gasteiger partial charge in [-0.15, -0.1) is 0 Å². The highest BCUT2D eigenvalue weighted by molar-refractivity contribution is 8.17. The van der Waals surface area contributed by atoms with Gasteiger partial charge in [-0.25, -0.2) is 4.79 Å². The second-order valence-corrected chi connectivity index (χ2v) is 13.9. The van der Waals surface area contributed by atoms with E-state index in [2.05, 4.69) is 28.8 Å². The molecule has 3 aromatic carbocycles. The molecule has 9 heteroatoms. The Labute approximate surface area is 259 Å². The van der Waals surface area contributed by atoms with Gasteiger partial charge in [0.25, 0.3) is 0 Å². The van der Waals surface area contributed by atoms with Crippen molar-refractivity contribution < 1.29 is 19.1 Å². The van der Waals surface area contributed by atoms with E-state index < -0.39 is 24.1 Å². The van der Waals surface area contributed by atoms with Gasteiger partial charge in [-0.1, -0.05) is 78.9 Å². The lowest BCUT2D eigenvalue weighted by molar-refractivity contribution is -0.126. The first-order valence-electron chi connectivity index (χ1n) is 14.5. The first-order valence-corrected chi connectivity index (χ1v) is 17.2. The number of nitriles is 1. The molecule has 2 atom stereocenters. The number of ether oxygens (including phenoxy) is 1. The summed E-state index contributed by atoms with van der Waals surface area (Å²) in [5, 5.41) is 15.3. The lowest BCUT2D eigenvalue weighted by Gasteiger charge is -2.21. The summed E-state index contributed by atoms with van der Waals surface area (Å²) in [6.07, 6.45) is 1.30. The number of amides is 2. The molecule has 7 nitrogen and oxygen atoms in total. The summed E-state index contributed by atoms with van der Waals surface area (Å²) in [6.45, 7) is 1.69. The van der Waals surface area contributed by atoms with E-state index in [1.807, 2.05) is 66.7 Å². The minimum atomic E-state index is -0.940. The molecule has 2 amide bonds. The van der Waals surface area contributed by atoms with Gasteiger partial charge in [0, 0.05) is 17.4 Å². The normalized spacial score (nSPS) is 15.4. The number of Topliss-reactive ketones (excluding diaryl/α,β-unsaturated/α-hetero) is 1. The fourth-order valence-corrected chi connectivity index (χ4v) is 8.80. The quantitative estimate of drug-likeness (QED) is 0.270. The smallest absolute Gasteiger partial charge is 0.407 e. The minimum absolute atomic E-state index is 0.0951. The monoisotopic (exact) mass is 613 g/mol. The summed E-state index contributed by atoms with van der Waals surface area (Å²) in [7, 11) is -0.372. The van der Waals surface area contributed by atoms with E-state index >= 15 is 0 Å². The first-order chi connectivity index (χ1) is 21.0. The number of ketones is 1. The van der Waals surface area contributed by atoms with Gasteiger partial charge in [-0.05, 0) is 59.1 Å². The third kappa shape index (κ3) is 7.38. The van der Waals surface area contributed by atoms with Crippen LogP contribution in [0.2, 0.25) is 0 Å².